The fraction of sp³-hybridized carbons (Fsp3) is 0.258. The first-order valence-electron chi connectivity index (χ1n) is 12.0. The van der Waals surface area contributed by atoms with Gasteiger partial charge in [0.05, 0.1) is 6.26 Å². The SMILES string of the molecule is C=[n+]1ccc(=C2C=C(CC(C)C)c3occc3[N-]2)cc1-c1cc(C(C)(C)C)c2ccccc2c1. The number of furan rings is 1. The summed E-state index contributed by atoms with van der Waals surface area (Å²) in [5.74, 6) is 1.43. The van der Waals surface area contributed by atoms with E-state index >= 15 is 0 Å². The van der Waals surface area contributed by atoms with Crippen LogP contribution in [0, 0.1) is 12.6 Å². The molecule has 0 fully saturated rings. The minimum Gasteiger partial charge on any atom is -0.654 e. The molecule has 4 aromatic rings. The third-order valence-electron chi connectivity index (χ3n) is 6.41. The lowest BCUT2D eigenvalue weighted by atomic mass is 9.82. The number of allylic oxidation sites excluding steroid dienone is 1. The second-order valence-electron chi connectivity index (χ2n) is 10.7. The van der Waals surface area contributed by atoms with E-state index in [1.54, 1.807) is 6.26 Å². The van der Waals surface area contributed by atoms with Crippen molar-refractivity contribution in [3.8, 4) is 11.3 Å². The number of pyridine rings is 1. The molecular weight excluding hydrogens is 416 g/mol. The topological polar surface area (TPSA) is 33.1 Å². The summed E-state index contributed by atoms with van der Waals surface area (Å²) < 4.78 is 7.71. The van der Waals surface area contributed by atoms with E-state index in [4.69, 9.17) is 9.73 Å². The summed E-state index contributed by atoms with van der Waals surface area (Å²) in [6, 6.07) is 19.5. The highest BCUT2D eigenvalue weighted by Crippen LogP contribution is 2.42. The van der Waals surface area contributed by atoms with E-state index in [9.17, 15) is 0 Å². The van der Waals surface area contributed by atoms with Gasteiger partial charge in [0.25, 0.3) is 0 Å². The highest BCUT2D eigenvalue weighted by Gasteiger charge is 2.20. The van der Waals surface area contributed by atoms with Crippen LogP contribution < -0.4 is 9.46 Å². The minimum absolute atomic E-state index is 0.0266. The van der Waals surface area contributed by atoms with Crippen molar-refractivity contribution in [3.63, 3.8) is 0 Å². The average molecular weight is 449 g/mol. The number of nitrogens with zero attached hydrogens (tertiary/aromatic N) is 2. The first-order valence-corrected chi connectivity index (χ1v) is 12.0. The smallest absolute Gasteiger partial charge is 0.217 e. The van der Waals surface area contributed by atoms with E-state index in [0.717, 1.165) is 40.0 Å². The Labute approximate surface area is 201 Å². The zero-order chi connectivity index (χ0) is 24.0. The molecule has 0 saturated heterocycles. The van der Waals surface area contributed by atoms with Crippen molar-refractivity contribution in [2.45, 2.75) is 46.5 Å². The maximum Gasteiger partial charge on any atom is 0.217 e. The largest absolute Gasteiger partial charge is 0.654 e. The lowest BCUT2D eigenvalue weighted by Gasteiger charge is -2.30. The molecule has 0 radical (unpaired) electrons. The fourth-order valence-corrected chi connectivity index (χ4v) is 4.78. The molecule has 0 N–H and O–H groups in total. The Bertz CT molecular complexity index is 1530. The van der Waals surface area contributed by atoms with Gasteiger partial charge >= 0.3 is 0 Å². The molecular formula is C31H32N2O. The van der Waals surface area contributed by atoms with Crippen LogP contribution in [0.2, 0.25) is 0 Å². The third kappa shape index (κ3) is 4.07. The first-order chi connectivity index (χ1) is 16.2. The summed E-state index contributed by atoms with van der Waals surface area (Å²) in [4.78, 5) is 0. The van der Waals surface area contributed by atoms with Crippen molar-refractivity contribution >= 4 is 27.7 Å². The molecule has 0 saturated carbocycles. The number of hydrogen-bond acceptors (Lipinski definition) is 1. The van der Waals surface area contributed by atoms with Crippen LogP contribution in [-0.2, 0) is 5.41 Å². The molecule has 3 nitrogen and oxygen atoms in total. The van der Waals surface area contributed by atoms with Crippen molar-refractivity contribution in [2.24, 2.45) is 5.92 Å². The Hall–Kier alpha value is -3.59. The van der Waals surface area contributed by atoms with E-state index in [1.807, 2.05) is 16.5 Å². The number of aromatic nitrogens is 1. The van der Waals surface area contributed by atoms with Gasteiger partial charge in [-0.1, -0.05) is 70.6 Å². The molecule has 172 valence electrons. The number of hydrogen-bond donors (Lipinski definition) is 0. The van der Waals surface area contributed by atoms with Crippen LogP contribution in [-0.4, -0.2) is 0 Å². The van der Waals surface area contributed by atoms with Gasteiger partial charge < -0.3 is 9.73 Å². The van der Waals surface area contributed by atoms with Crippen LogP contribution >= 0.6 is 0 Å². The Morgan fingerprint density at radius 3 is 2.59 bits per heavy atom. The van der Waals surface area contributed by atoms with Crippen LogP contribution in [0.3, 0.4) is 0 Å². The Balaban J connectivity index is 1.72. The molecule has 0 amide bonds. The van der Waals surface area contributed by atoms with E-state index in [2.05, 4.69) is 95.9 Å². The van der Waals surface area contributed by atoms with Crippen LogP contribution in [0.5, 0.6) is 0 Å². The second kappa shape index (κ2) is 8.32. The molecule has 3 heteroatoms. The highest BCUT2D eigenvalue weighted by atomic mass is 16.3. The van der Waals surface area contributed by atoms with Crippen LogP contribution in [0.15, 0.2) is 77.6 Å². The summed E-state index contributed by atoms with van der Waals surface area (Å²) in [6.07, 6.45) is 6.89. The molecule has 1 aliphatic rings. The molecule has 0 unspecified atom stereocenters. The van der Waals surface area contributed by atoms with Crippen molar-refractivity contribution in [2.75, 3.05) is 0 Å². The van der Waals surface area contributed by atoms with Gasteiger partial charge in [-0.2, -0.15) is 4.24 Å². The van der Waals surface area contributed by atoms with Gasteiger partial charge in [0.2, 0.25) is 5.69 Å². The molecule has 2 aromatic heterocycles. The Morgan fingerprint density at radius 2 is 1.82 bits per heavy atom. The van der Waals surface area contributed by atoms with Crippen molar-refractivity contribution in [3.05, 3.63) is 102 Å². The molecule has 3 heterocycles. The fourth-order valence-electron chi connectivity index (χ4n) is 4.78. The lowest BCUT2D eigenvalue weighted by Crippen LogP contribution is -2.22. The van der Waals surface area contributed by atoms with E-state index in [-0.39, 0.29) is 5.41 Å². The lowest BCUT2D eigenvalue weighted by molar-refractivity contribution is -0.486. The van der Waals surface area contributed by atoms with E-state index in [0.29, 0.717) is 5.92 Å². The molecule has 0 spiro atoms. The maximum atomic E-state index is 5.76. The monoisotopic (exact) mass is 448 g/mol. The van der Waals surface area contributed by atoms with Crippen molar-refractivity contribution in [1.29, 1.82) is 0 Å². The van der Waals surface area contributed by atoms with Crippen LogP contribution in [0.4, 0.5) is 5.69 Å². The summed E-state index contributed by atoms with van der Waals surface area (Å²) in [5.41, 5.74) is 6.65. The van der Waals surface area contributed by atoms with Crippen molar-refractivity contribution < 1.29 is 8.66 Å². The van der Waals surface area contributed by atoms with E-state index in [1.165, 1.54) is 21.9 Å². The van der Waals surface area contributed by atoms with Crippen LogP contribution in [0.25, 0.3) is 38.6 Å². The molecule has 34 heavy (non-hydrogen) atoms. The zero-order valence-corrected chi connectivity index (χ0v) is 20.7. The summed E-state index contributed by atoms with van der Waals surface area (Å²) in [5, 5.41) is 8.54. The molecule has 0 atom stereocenters. The standard InChI is InChI=1S/C31H32N2O/c1-20(2)15-24-18-28(32-27-12-14-34-30(24)27)22-11-13-33(6)29(19-22)23-16-21-9-7-8-10-25(21)26(17-23)31(3,4)5/h7-14,16-20H,6,15H2,1-5H3. The summed E-state index contributed by atoms with van der Waals surface area (Å²) >= 11 is 0. The average Bonchev–Trinajstić information content (AvgIpc) is 3.27. The molecule has 2 aromatic carbocycles. The summed E-state index contributed by atoms with van der Waals surface area (Å²) in [6.45, 7) is 15.6. The predicted octanol–water partition coefficient (Wildman–Crippen LogP) is 7.58. The van der Waals surface area contributed by atoms with Crippen LogP contribution in [0.1, 0.15) is 52.4 Å². The molecule has 0 bridgehead atoms. The maximum absolute atomic E-state index is 5.76. The predicted molar refractivity (Wildman–Crippen MR) is 141 cm³/mol. The normalized spacial score (nSPS) is 15.3. The van der Waals surface area contributed by atoms with Crippen molar-refractivity contribution in [1.82, 2.24) is 0 Å². The quantitative estimate of drug-likeness (QED) is 0.297. The Morgan fingerprint density at radius 1 is 1.03 bits per heavy atom. The number of fused-ring (bicyclic) bond motifs is 2. The first kappa shape index (κ1) is 22.2. The summed E-state index contributed by atoms with van der Waals surface area (Å²) in [7, 11) is 0. The van der Waals surface area contributed by atoms with E-state index < -0.39 is 0 Å². The van der Waals surface area contributed by atoms with Gasteiger partial charge in [0.1, 0.15) is 12.5 Å². The molecule has 0 aliphatic carbocycles. The number of rotatable bonds is 3. The second-order valence-corrected chi connectivity index (χ2v) is 10.7. The van der Waals surface area contributed by atoms with Gasteiger partial charge in [-0.05, 0) is 63.1 Å². The van der Waals surface area contributed by atoms with Gasteiger partial charge in [-0.25, -0.2) is 0 Å². The highest BCUT2D eigenvalue weighted by molar-refractivity contribution is 5.94. The third-order valence-corrected chi connectivity index (χ3v) is 6.41. The zero-order valence-electron chi connectivity index (χ0n) is 20.7. The minimum atomic E-state index is 0.0266. The Kier molecular flexibility index (Phi) is 5.44. The van der Waals surface area contributed by atoms with Gasteiger partial charge in [-0.3, -0.25) is 0 Å². The van der Waals surface area contributed by atoms with Gasteiger partial charge in [-0.15, -0.1) is 5.70 Å². The van der Waals surface area contributed by atoms with Gasteiger partial charge in [0, 0.05) is 17.7 Å². The molecule has 5 rings (SSSR count). The number of benzene rings is 2. The van der Waals surface area contributed by atoms with Gasteiger partial charge in [0.15, 0.2) is 6.20 Å². The molecule has 1 aliphatic heterocycles.